The fourth-order valence-electron chi connectivity index (χ4n) is 1.96. The highest BCUT2D eigenvalue weighted by Gasteiger charge is 2.12. The third-order valence-corrected chi connectivity index (χ3v) is 3.11. The van der Waals surface area contributed by atoms with Crippen LogP contribution in [0.4, 0.5) is 0 Å². The van der Waals surface area contributed by atoms with Gasteiger partial charge in [-0.1, -0.05) is 5.16 Å². The fourth-order valence-corrected chi connectivity index (χ4v) is 1.96. The second-order valence-corrected chi connectivity index (χ2v) is 4.49. The van der Waals surface area contributed by atoms with Crippen molar-refractivity contribution in [3.63, 3.8) is 0 Å². The molecule has 106 valence electrons. The molecule has 0 saturated carbocycles. The molecule has 21 heavy (non-hydrogen) atoms. The van der Waals surface area contributed by atoms with E-state index in [1.165, 1.54) is 15.2 Å². The predicted molar refractivity (Wildman–Crippen MR) is 73.5 cm³/mol. The summed E-state index contributed by atoms with van der Waals surface area (Å²) < 4.78 is 7.96. The molecule has 0 aliphatic heterocycles. The molecular weight excluding hydrogens is 274 g/mol. The lowest BCUT2D eigenvalue weighted by molar-refractivity contribution is 0.0686. The summed E-state index contributed by atoms with van der Waals surface area (Å²) in [6, 6.07) is 8.33. The second kappa shape index (κ2) is 4.78. The zero-order valence-corrected chi connectivity index (χ0v) is 11.1. The molecule has 0 aliphatic rings. The standard InChI is InChI=1S/C14H11N3O4/c1-16-6-7-17(14(16)20)10-4-2-9(3-5-10)12-8-11(13(18)19)15-21-12/h2-8H,1H3,(H,18,19). The van der Waals surface area contributed by atoms with Crippen LogP contribution in [-0.4, -0.2) is 25.4 Å². The van der Waals surface area contributed by atoms with Gasteiger partial charge in [0.25, 0.3) is 0 Å². The van der Waals surface area contributed by atoms with Crippen LogP contribution in [0.5, 0.6) is 0 Å². The minimum absolute atomic E-state index is 0.143. The Kier molecular flexibility index (Phi) is 2.94. The molecule has 3 aromatic rings. The minimum Gasteiger partial charge on any atom is -0.476 e. The number of carbonyl (C=O) groups is 1. The third kappa shape index (κ3) is 2.25. The molecule has 0 spiro atoms. The van der Waals surface area contributed by atoms with E-state index in [2.05, 4.69) is 5.16 Å². The van der Waals surface area contributed by atoms with Crippen molar-refractivity contribution >= 4 is 5.97 Å². The maximum Gasteiger partial charge on any atom is 0.358 e. The van der Waals surface area contributed by atoms with Crippen molar-refractivity contribution in [1.82, 2.24) is 14.3 Å². The van der Waals surface area contributed by atoms with Gasteiger partial charge in [-0.3, -0.25) is 4.57 Å². The number of aromatic carboxylic acids is 1. The lowest BCUT2D eigenvalue weighted by Crippen LogP contribution is -2.20. The molecule has 0 fully saturated rings. The normalized spacial score (nSPS) is 10.7. The summed E-state index contributed by atoms with van der Waals surface area (Å²) in [4.78, 5) is 22.6. The van der Waals surface area contributed by atoms with Crippen molar-refractivity contribution in [2.45, 2.75) is 0 Å². The van der Waals surface area contributed by atoms with E-state index >= 15 is 0 Å². The van der Waals surface area contributed by atoms with Crippen LogP contribution in [0, 0.1) is 0 Å². The van der Waals surface area contributed by atoms with Crippen LogP contribution in [0.25, 0.3) is 17.0 Å². The smallest absolute Gasteiger partial charge is 0.358 e. The summed E-state index contributed by atoms with van der Waals surface area (Å²) in [6.45, 7) is 0. The highest BCUT2D eigenvalue weighted by Crippen LogP contribution is 2.21. The number of rotatable bonds is 3. The van der Waals surface area contributed by atoms with E-state index in [1.54, 1.807) is 43.7 Å². The van der Waals surface area contributed by atoms with Gasteiger partial charge < -0.3 is 14.2 Å². The van der Waals surface area contributed by atoms with Gasteiger partial charge in [0.1, 0.15) is 0 Å². The van der Waals surface area contributed by atoms with E-state index in [0.717, 1.165) is 0 Å². The molecule has 1 N–H and O–H groups in total. The van der Waals surface area contributed by atoms with E-state index in [0.29, 0.717) is 17.0 Å². The van der Waals surface area contributed by atoms with Gasteiger partial charge in [0.2, 0.25) is 0 Å². The Labute approximate surface area is 118 Å². The average molecular weight is 285 g/mol. The van der Waals surface area contributed by atoms with Gasteiger partial charge in [0, 0.05) is 31.1 Å². The van der Waals surface area contributed by atoms with Gasteiger partial charge in [-0.2, -0.15) is 0 Å². The molecule has 0 atom stereocenters. The molecule has 3 rings (SSSR count). The number of carboxylic acids is 1. The zero-order chi connectivity index (χ0) is 15.0. The van der Waals surface area contributed by atoms with Crippen LogP contribution in [0.15, 0.2) is 52.0 Å². The monoisotopic (exact) mass is 285 g/mol. The van der Waals surface area contributed by atoms with E-state index in [-0.39, 0.29) is 11.4 Å². The van der Waals surface area contributed by atoms with Crippen LogP contribution in [0.2, 0.25) is 0 Å². The first-order valence-electron chi connectivity index (χ1n) is 6.11. The van der Waals surface area contributed by atoms with Crippen molar-refractivity contribution in [2.24, 2.45) is 7.05 Å². The molecule has 2 heterocycles. The summed E-state index contributed by atoms with van der Waals surface area (Å²) in [5, 5.41) is 12.3. The third-order valence-electron chi connectivity index (χ3n) is 3.11. The minimum atomic E-state index is -1.14. The van der Waals surface area contributed by atoms with E-state index < -0.39 is 5.97 Å². The first-order valence-corrected chi connectivity index (χ1v) is 6.11. The largest absolute Gasteiger partial charge is 0.476 e. The summed E-state index contributed by atoms with van der Waals surface area (Å²) in [6.07, 6.45) is 3.35. The molecule has 7 nitrogen and oxygen atoms in total. The lowest BCUT2D eigenvalue weighted by Gasteiger charge is -2.02. The van der Waals surface area contributed by atoms with Crippen molar-refractivity contribution in [1.29, 1.82) is 0 Å². The summed E-state index contributed by atoms with van der Waals surface area (Å²) >= 11 is 0. The summed E-state index contributed by atoms with van der Waals surface area (Å²) in [7, 11) is 1.68. The van der Waals surface area contributed by atoms with E-state index in [9.17, 15) is 9.59 Å². The molecule has 0 aliphatic carbocycles. The first-order chi connectivity index (χ1) is 10.1. The molecule has 2 aromatic heterocycles. The molecule has 0 saturated heterocycles. The zero-order valence-electron chi connectivity index (χ0n) is 11.1. The van der Waals surface area contributed by atoms with Gasteiger partial charge in [0.15, 0.2) is 11.5 Å². The van der Waals surface area contributed by atoms with Crippen LogP contribution in [0.1, 0.15) is 10.5 Å². The topological polar surface area (TPSA) is 90.3 Å². The van der Waals surface area contributed by atoms with Crippen molar-refractivity contribution < 1.29 is 14.4 Å². The Morgan fingerprint density at radius 3 is 2.48 bits per heavy atom. The van der Waals surface area contributed by atoms with Crippen molar-refractivity contribution in [2.75, 3.05) is 0 Å². The molecule has 7 heteroatoms. The number of aryl methyl sites for hydroxylation is 1. The SMILES string of the molecule is Cn1ccn(-c2ccc(-c3cc(C(=O)O)no3)cc2)c1=O. The highest BCUT2D eigenvalue weighted by molar-refractivity contribution is 5.86. The number of hydrogen-bond donors (Lipinski definition) is 1. The summed E-state index contributed by atoms with van der Waals surface area (Å²) in [5.41, 5.74) is 1.11. The molecule has 0 radical (unpaired) electrons. The average Bonchev–Trinajstić information content (AvgIpc) is 3.08. The van der Waals surface area contributed by atoms with E-state index in [1.807, 2.05) is 0 Å². The Bertz CT molecular complexity index is 855. The van der Waals surface area contributed by atoms with Gasteiger partial charge in [0.05, 0.1) is 5.69 Å². The number of hydrogen-bond acceptors (Lipinski definition) is 4. The number of nitrogens with zero attached hydrogens (tertiary/aromatic N) is 3. The van der Waals surface area contributed by atoms with Gasteiger partial charge in [-0.25, -0.2) is 9.59 Å². The molecular formula is C14H11N3O4. The number of imidazole rings is 1. The van der Waals surface area contributed by atoms with Gasteiger partial charge >= 0.3 is 11.7 Å². The maximum atomic E-state index is 11.8. The molecule has 0 unspecified atom stereocenters. The van der Waals surface area contributed by atoms with Crippen LogP contribution in [-0.2, 0) is 7.05 Å². The van der Waals surface area contributed by atoms with E-state index in [4.69, 9.17) is 9.63 Å². The second-order valence-electron chi connectivity index (χ2n) is 4.49. The van der Waals surface area contributed by atoms with Crippen LogP contribution < -0.4 is 5.69 Å². The Morgan fingerprint density at radius 2 is 1.95 bits per heavy atom. The Hall–Kier alpha value is -3.09. The number of benzene rings is 1. The lowest BCUT2D eigenvalue weighted by atomic mass is 10.1. The predicted octanol–water partition coefficient (Wildman–Crippen LogP) is 1.53. The quantitative estimate of drug-likeness (QED) is 0.788. The fraction of sp³-hybridized carbons (Fsp3) is 0.0714. The van der Waals surface area contributed by atoms with Crippen LogP contribution >= 0.6 is 0 Å². The van der Waals surface area contributed by atoms with Crippen molar-refractivity contribution in [3.05, 3.63) is 58.9 Å². The maximum absolute atomic E-state index is 11.8. The highest BCUT2D eigenvalue weighted by atomic mass is 16.5. The first kappa shape index (κ1) is 12.9. The molecule has 1 aromatic carbocycles. The summed E-state index contributed by atoms with van der Waals surface area (Å²) in [5.74, 6) is -0.781. The van der Waals surface area contributed by atoms with Crippen molar-refractivity contribution in [3.8, 4) is 17.0 Å². The Balaban J connectivity index is 1.95. The van der Waals surface area contributed by atoms with Gasteiger partial charge in [-0.05, 0) is 24.3 Å². The number of aromatic nitrogens is 3. The van der Waals surface area contributed by atoms with Gasteiger partial charge in [-0.15, -0.1) is 0 Å². The molecule has 0 bridgehead atoms. The number of carboxylic acid groups (broad SMARTS) is 1. The van der Waals surface area contributed by atoms with Crippen LogP contribution in [0.3, 0.4) is 0 Å². The molecule has 0 amide bonds. The Morgan fingerprint density at radius 1 is 1.24 bits per heavy atom.